The van der Waals surface area contributed by atoms with Crippen LogP contribution in [0.15, 0.2) is 41.7 Å². The molecule has 2 N–H and O–H groups in total. The van der Waals surface area contributed by atoms with Crippen molar-refractivity contribution in [1.82, 2.24) is 25.4 Å². The number of rotatable bonds is 11. The van der Waals surface area contributed by atoms with Gasteiger partial charge in [-0.25, -0.2) is 0 Å². The Morgan fingerprint density at radius 2 is 1.96 bits per heavy atom. The molecule has 0 aliphatic carbocycles. The average Bonchev–Trinajstić information content (AvgIpc) is 3.13. The standard InChI is InChI=1S/C19H30N6O.HI/c1-3-18-24-23-16-25(18)14-12-21-19(22-13-15-26-2)20-11-7-10-17-8-5-4-6-9-17;/h4-6,8-9,16H,3,7,10-15H2,1-2H3,(H2,20,21,22);1H. The Morgan fingerprint density at radius 3 is 2.70 bits per heavy atom. The second kappa shape index (κ2) is 14.4. The van der Waals surface area contributed by atoms with Crippen molar-refractivity contribution in [2.75, 3.05) is 33.4 Å². The summed E-state index contributed by atoms with van der Waals surface area (Å²) in [6.45, 7) is 5.82. The normalized spacial score (nSPS) is 11.1. The minimum atomic E-state index is 0. The largest absolute Gasteiger partial charge is 0.383 e. The average molecular weight is 486 g/mol. The molecule has 0 unspecified atom stereocenters. The number of guanidine groups is 1. The number of aromatic nitrogens is 3. The topological polar surface area (TPSA) is 76.4 Å². The Bertz CT molecular complexity index is 647. The van der Waals surface area contributed by atoms with Crippen LogP contribution in [0.5, 0.6) is 0 Å². The van der Waals surface area contributed by atoms with Crippen LogP contribution in [0.25, 0.3) is 0 Å². The van der Waals surface area contributed by atoms with Gasteiger partial charge in [-0.3, -0.25) is 4.99 Å². The molecule has 1 heterocycles. The minimum absolute atomic E-state index is 0. The maximum Gasteiger partial charge on any atom is 0.191 e. The van der Waals surface area contributed by atoms with Crippen LogP contribution in [0.2, 0.25) is 0 Å². The second-order valence-electron chi connectivity index (χ2n) is 5.96. The van der Waals surface area contributed by atoms with Gasteiger partial charge in [-0.15, -0.1) is 34.2 Å². The van der Waals surface area contributed by atoms with Gasteiger partial charge < -0.3 is 19.9 Å². The van der Waals surface area contributed by atoms with E-state index in [1.165, 1.54) is 5.56 Å². The molecule has 0 atom stereocenters. The number of hydrogen-bond donors (Lipinski definition) is 2. The van der Waals surface area contributed by atoms with Crippen LogP contribution < -0.4 is 10.6 Å². The number of hydrogen-bond acceptors (Lipinski definition) is 4. The highest BCUT2D eigenvalue weighted by Crippen LogP contribution is 2.02. The number of methoxy groups -OCH3 is 1. The lowest BCUT2D eigenvalue weighted by Crippen LogP contribution is -2.40. The zero-order valence-electron chi connectivity index (χ0n) is 16.2. The molecule has 0 saturated carbocycles. The number of halogens is 1. The molecular weight excluding hydrogens is 455 g/mol. The number of aliphatic imine (C=N–C) groups is 1. The Kier molecular flexibility index (Phi) is 12.4. The van der Waals surface area contributed by atoms with Crippen LogP contribution in [-0.4, -0.2) is 54.1 Å². The van der Waals surface area contributed by atoms with Crippen LogP contribution in [0.1, 0.15) is 24.7 Å². The van der Waals surface area contributed by atoms with Gasteiger partial charge in [0.25, 0.3) is 0 Å². The summed E-state index contributed by atoms with van der Waals surface area (Å²) in [6.07, 6.45) is 4.71. The number of ether oxygens (including phenoxy) is 1. The molecule has 0 spiro atoms. The van der Waals surface area contributed by atoms with Crippen LogP contribution >= 0.6 is 24.0 Å². The van der Waals surface area contributed by atoms with Crippen molar-refractivity contribution in [1.29, 1.82) is 0 Å². The van der Waals surface area contributed by atoms with Crippen molar-refractivity contribution in [2.45, 2.75) is 32.7 Å². The Balaban J connectivity index is 0.00000364. The van der Waals surface area contributed by atoms with Crippen molar-refractivity contribution in [3.05, 3.63) is 48.0 Å². The molecular formula is C19H31IN6O. The first-order valence-corrected chi connectivity index (χ1v) is 9.25. The third-order valence-corrected chi connectivity index (χ3v) is 3.99. The summed E-state index contributed by atoms with van der Waals surface area (Å²) >= 11 is 0. The molecule has 1 aromatic heterocycles. The number of nitrogens with zero attached hydrogens (tertiary/aromatic N) is 4. The lowest BCUT2D eigenvalue weighted by Gasteiger charge is -2.13. The predicted octanol–water partition coefficient (Wildman–Crippen LogP) is 2.27. The van der Waals surface area contributed by atoms with Gasteiger partial charge in [0.2, 0.25) is 0 Å². The zero-order valence-corrected chi connectivity index (χ0v) is 18.6. The highest BCUT2D eigenvalue weighted by Gasteiger charge is 2.02. The first-order valence-electron chi connectivity index (χ1n) is 9.25. The van der Waals surface area contributed by atoms with Crippen LogP contribution in [-0.2, 0) is 24.1 Å². The third kappa shape index (κ3) is 9.18. The molecule has 7 nitrogen and oxygen atoms in total. The van der Waals surface area contributed by atoms with E-state index < -0.39 is 0 Å². The molecule has 2 rings (SSSR count). The summed E-state index contributed by atoms with van der Waals surface area (Å²) in [7, 11) is 1.70. The van der Waals surface area contributed by atoms with E-state index in [0.29, 0.717) is 6.61 Å². The first kappa shape index (κ1) is 23.4. The first-order chi connectivity index (χ1) is 12.8. The monoisotopic (exact) mass is 486 g/mol. The summed E-state index contributed by atoms with van der Waals surface area (Å²) in [5.41, 5.74) is 1.35. The molecule has 2 aromatic rings. The summed E-state index contributed by atoms with van der Waals surface area (Å²) in [4.78, 5) is 4.67. The van der Waals surface area contributed by atoms with Crippen molar-refractivity contribution in [2.24, 2.45) is 4.99 Å². The molecule has 0 bridgehead atoms. The molecule has 8 heteroatoms. The van der Waals surface area contributed by atoms with Gasteiger partial charge in [-0.05, 0) is 18.4 Å². The molecule has 0 saturated heterocycles. The summed E-state index contributed by atoms with van der Waals surface area (Å²) in [5.74, 6) is 1.82. The highest BCUT2D eigenvalue weighted by molar-refractivity contribution is 14.0. The van der Waals surface area contributed by atoms with E-state index >= 15 is 0 Å². The van der Waals surface area contributed by atoms with E-state index in [4.69, 9.17) is 4.74 Å². The summed E-state index contributed by atoms with van der Waals surface area (Å²) < 4.78 is 7.17. The van der Waals surface area contributed by atoms with Crippen molar-refractivity contribution < 1.29 is 4.74 Å². The van der Waals surface area contributed by atoms with Gasteiger partial charge in [0.15, 0.2) is 5.96 Å². The van der Waals surface area contributed by atoms with E-state index in [2.05, 4.69) is 61.6 Å². The van der Waals surface area contributed by atoms with Gasteiger partial charge in [-0.2, -0.15) is 0 Å². The minimum Gasteiger partial charge on any atom is -0.383 e. The van der Waals surface area contributed by atoms with E-state index in [1.807, 2.05) is 6.07 Å². The fraction of sp³-hybridized carbons (Fsp3) is 0.526. The zero-order chi connectivity index (χ0) is 18.5. The molecule has 0 fully saturated rings. The van der Waals surface area contributed by atoms with E-state index in [1.54, 1.807) is 13.4 Å². The molecule has 0 aliphatic heterocycles. The molecule has 0 amide bonds. The van der Waals surface area contributed by atoms with Crippen molar-refractivity contribution in [3.63, 3.8) is 0 Å². The predicted molar refractivity (Wildman–Crippen MR) is 120 cm³/mol. The molecule has 150 valence electrons. The number of aryl methyl sites for hydroxylation is 2. The van der Waals surface area contributed by atoms with Gasteiger partial charge in [0.05, 0.1) is 6.61 Å². The van der Waals surface area contributed by atoms with Crippen molar-refractivity contribution >= 4 is 29.9 Å². The number of benzene rings is 1. The maximum absolute atomic E-state index is 5.10. The highest BCUT2D eigenvalue weighted by atomic mass is 127. The van der Waals surface area contributed by atoms with Gasteiger partial charge in [-0.1, -0.05) is 37.3 Å². The molecule has 1 aromatic carbocycles. The number of nitrogens with one attached hydrogen (secondary N) is 2. The third-order valence-electron chi connectivity index (χ3n) is 3.99. The Hall–Kier alpha value is -1.68. The summed E-state index contributed by atoms with van der Waals surface area (Å²) in [5, 5.41) is 14.7. The van der Waals surface area contributed by atoms with E-state index in [9.17, 15) is 0 Å². The Morgan fingerprint density at radius 1 is 1.19 bits per heavy atom. The molecule has 27 heavy (non-hydrogen) atoms. The fourth-order valence-corrected chi connectivity index (χ4v) is 2.60. The van der Waals surface area contributed by atoms with Crippen LogP contribution in [0.4, 0.5) is 0 Å². The second-order valence-corrected chi connectivity index (χ2v) is 5.96. The summed E-state index contributed by atoms with van der Waals surface area (Å²) in [6, 6.07) is 10.5. The Labute approximate surface area is 179 Å². The molecule has 0 aliphatic rings. The van der Waals surface area contributed by atoms with Gasteiger partial charge in [0.1, 0.15) is 12.2 Å². The van der Waals surface area contributed by atoms with Crippen LogP contribution in [0, 0.1) is 0 Å². The molecule has 0 radical (unpaired) electrons. The quantitative estimate of drug-likeness (QED) is 0.221. The van der Waals surface area contributed by atoms with E-state index in [0.717, 1.165) is 57.2 Å². The van der Waals surface area contributed by atoms with Crippen LogP contribution in [0.3, 0.4) is 0 Å². The van der Waals surface area contributed by atoms with Gasteiger partial charge in [0, 0.05) is 39.7 Å². The lowest BCUT2D eigenvalue weighted by atomic mass is 10.1. The van der Waals surface area contributed by atoms with E-state index in [-0.39, 0.29) is 24.0 Å². The van der Waals surface area contributed by atoms with Gasteiger partial charge >= 0.3 is 0 Å². The fourth-order valence-electron chi connectivity index (χ4n) is 2.60. The lowest BCUT2D eigenvalue weighted by molar-refractivity contribution is 0.203. The maximum atomic E-state index is 5.10. The smallest absolute Gasteiger partial charge is 0.191 e. The SMILES string of the molecule is CCc1nncn1CCNC(=NCCCc1ccccc1)NCCOC.I. The van der Waals surface area contributed by atoms with Crippen molar-refractivity contribution in [3.8, 4) is 0 Å².